The van der Waals surface area contributed by atoms with Gasteiger partial charge in [-0.05, 0) is 6.92 Å². The van der Waals surface area contributed by atoms with Crippen molar-refractivity contribution in [3.8, 4) is 11.8 Å². The van der Waals surface area contributed by atoms with Crippen LogP contribution in [0.4, 0.5) is 0 Å². The monoisotopic (exact) mass is 234 g/mol. The van der Waals surface area contributed by atoms with E-state index in [9.17, 15) is 4.79 Å². The second-order valence-electron chi connectivity index (χ2n) is 3.19. The van der Waals surface area contributed by atoms with Crippen LogP contribution < -0.4 is 4.74 Å². The van der Waals surface area contributed by atoms with Gasteiger partial charge in [0.2, 0.25) is 0 Å². The van der Waals surface area contributed by atoms with Gasteiger partial charge in [0.15, 0.2) is 5.75 Å². The Bertz CT molecular complexity index is 521. The van der Waals surface area contributed by atoms with E-state index in [4.69, 9.17) is 9.84 Å². The average molecular weight is 234 g/mol. The topological polar surface area (TPSA) is 90.1 Å². The van der Waals surface area contributed by atoms with Crippen molar-refractivity contribution in [1.29, 1.82) is 0 Å². The lowest BCUT2D eigenvalue weighted by molar-refractivity contribution is 0.0696. The maximum absolute atomic E-state index is 10.6. The highest BCUT2D eigenvalue weighted by Crippen LogP contribution is 2.15. The Morgan fingerprint density at radius 3 is 2.65 bits per heavy atom. The van der Waals surface area contributed by atoms with Crippen LogP contribution in [0, 0.1) is 0 Å². The summed E-state index contributed by atoms with van der Waals surface area (Å²) in [7, 11) is 0. The molecule has 1 N–H and O–H groups in total. The van der Waals surface area contributed by atoms with Gasteiger partial charge in [0.1, 0.15) is 0 Å². The van der Waals surface area contributed by atoms with Crippen LogP contribution in [0.15, 0.2) is 24.8 Å². The van der Waals surface area contributed by atoms with Gasteiger partial charge in [-0.2, -0.15) is 5.10 Å². The first-order valence-corrected chi connectivity index (χ1v) is 4.94. The van der Waals surface area contributed by atoms with Crippen molar-refractivity contribution in [3.05, 3.63) is 30.4 Å². The van der Waals surface area contributed by atoms with Gasteiger partial charge in [0.05, 0.1) is 18.0 Å². The summed E-state index contributed by atoms with van der Waals surface area (Å²) < 4.78 is 6.99. The van der Waals surface area contributed by atoms with Gasteiger partial charge in [-0.25, -0.2) is 14.8 Å². The largest absolute Gasteiger partial charge is 0.478 e. The first-order valence-electron chi connectivity index (χ1n) is 4.94. The van der Waals surface area contributed by atoms with Crippen molar-refractivity contribution in [1.82, 2.24) is 19.7 Å². The second kappa shape index (κ2) is 4.60. The van der Waals surface area contributed by atoms with Crippen LogP contribution in [-0.2, 0) is 6.54 Å². The number of hydrogen-bond donors (Lipinski definition) is 1. The van der Waals surface area contributed by atoms with Gasteiger partial charge in [-0.15, -0.1) is 0 Å². The number of carboxylic acids is 1. The van der Waals surface area contributed by atoms with E-state index in [-0.39, 0.29) is 11.6 Å². The molecule has 7 heteroatoms. The molecule has 0 fully saturated rings. The molecule has 2 heterocycles. The molecule has 0 bridgehead atoms. The molecule has 0 aromatic carbocycles. The first kappa shape index (κ1) is 11.1. The third-order valence-electron chi connectivity index (χ3n) is 2.02. The van der Waals surface area contributed by atoms with E-state index in [2.05, 4.69) is 15.1 Å². The van der Waals surface area contributed by atoms with E-state index in [0.29, 0.717) is 5.75 Å². The van der Waals surface area contributed by atoms with Crippen molar-refractivity contribution in [2.75, 3.05) is 0 Å². The molecule has 0 aliphatic heterocycles. The zero-order valence-electron chi connectivity index (χ0n) is 9.07. The fourth-order valence-electron chi connectivity index (χ4n) is 1.15. The highest BCUT2D eigenvalue weighted by molar-refractivity contribution is 5.86. The van der Waals surface area contributed by atoms with Crippen molar-refractivity contribution in [2.45, 2.75) is 13.5 Å². The maximum atomic E-state index is 10.6. The summed E-state index contributed by atoms with van der Waals surface area (Å²) >= 11 is 0. The number of aromatic carboxylic acids is 1. The van der Waals surface area contributed by atoms with Crippen molar-refractivity contribution >= 4 is 5.97 Å². The Morgan fingerprint density at radius 2 is 2.12 bits per heavy atom. The van der Waals surface area contributed by atoms with Gasteiger partial charge < -0.3 is 9.84 Å². The van der Waals surface area contributed by atoms with Gasteiger partial charge in [0.25, 0.3) is 0 Å². The minimum atomic E-state index is -1.07. The Morgan fingerprint density at radius 1 is 1.41 bits per heavy atom. The SMILES string of the molecule is CCn1cc(Oc2ncc(C(=O)O)cn2)cn1. The average Bonchev–Trinajstić information content (AvgIpc) is 2.77. The lowest BCUT2D eigenvalue weighted by Crippen LogP contribution is -1.99. The molecule has 0 radical (unpaired) electrons. The Balaban J connectivity index is 2.10. The maximum Gasteiger partial charge on any atom is 0.338 e. The number of carbonyl (C=O) groups is 1. The number of carboxylic acid groups (broad SMARTS) is 1. The summed E-state index contributed by atoms with van der Waals surface area (Å²) in [5.41, 5.74) is 0.0154. The van der Waals surface area contributed by atoms with Crippen LogP contribution in [-0.4, -0.2) is 30.8 Å². The molecule has 0 aliphatic carbocycles. The fraction of sp³-hybridized carbons (Fsp3) is 0.200. The van der Waals surface area contributed by atoms with Crippen LogP contribution in [0.5, 0.6) is 11.8 Å². The van der Waals surface area contributed by atoms with Gasteiger partial charge in [-0.3, -0.25) is 4.68 Å². The summed E-state index contributed by atoms with van der Waals surface area (Å²) in [5.74, 6) is -0.565. The summed E-state index contributed by atoms with van der Waals surface area (Å²) in [4.78, 5) is 18.1. The second-order valence-corrected chi connectivity index (χ2v) is 3.19. The Labute approximate surface area is 96.7 Å². The minimum Gasteiger partial charge on any atom is -0.478 e. The van der Waals surface area contributed by atoms with Crippen LogP contribution in [0.25, 0.3) is 0 Å². The lowest BCUT2D eigenvalue weighted by atomic mass is 10.4. The molecule has 0 spiro atoms. The summed E-state index contributed by atoms with van der Waals surface area (Å²) in [6.07, 6.45) is 5.62. The molecule has 0 aliphatic rings. The van der Waals surface area contributed by atoms with Crippen LogP contribution >= 0.6 is 0 Å². The van der Waals surface area contributed by atoms with Crippen LogP contribution in [0.3, 0.4) is 0 Å². The van der Waals surface area contributed by atoms with Crippen LogP contribution in [0.2, 0.25) is 0 Å². The van der Waals surface area contributed by atoms with Crippen molar-refractivity contribution in [3.63, 3.8) is 0 Å². The van der Waals surface area contributed by atoms with Gasteiger partial charge >= 0.3 is 12.0 Å². The molecule has 0 amide bonds. The van der Waals surface area contributed by atoms with E-state index < -0.39 is 5.97 Å². The molecule has 2 aromatic heterocycles. The summed E-state index contributed by atoms with van der Waals surface area (Å²) in [6, 6.07) is 0.0886. The predicted molar refractivity (Wildman–Crippen MR) is 57.0 cm³/mol. The zero-order valence-corrected chi connectivity index (χ0v) is 9.07. The number of aromatic nitrogens is 4. The van der Waals surface area contributed by atoms with E-state index in [1.165, 1.54) is 18.6 Å². The summed E-state index contributed by atoms with van der Waals surface area (Å²) in [6.45, 7) is 2.69. The molecule has 2 aromatic rings. The number of rotatable bonds is 4. The third kappa shape index (κ3) is 2.57. The van der Waals surface area contributed by atoms with Gasteiger partial charge in [0, 0.05) is 18.9 Å². The highest BCUT2D eigenvalue weighted by atomic mass is 16.5. The van der Waals surface area contributed by atoms with E-state index in [1.54, 1.807) is 10.9 Å². The molecule has 2 rings (SSSR count). The molecule has 7 nitrogen and oxygen atoms in total. The van der Waals surface area contributed by atoms with E-state index >= 15 is 0 Å². The number of aryl methyl sites for hydroxylation is 1. The minimum absolute atomic E-state index is 0.0154. The summed E-state index contributed by atoms with van der Waals surface area (Å²) in [5, 5.41) is 12.7. The normalized spacial score (nSPS) is 10.2. The molecular weight excluding hydrogens is 224 g/mol. The van der Waals surface area contributed by atoms with Crippen molar-refractivity contribution < 1.29 is 14.6 Å². The van der Waals surface area contributed by atoms with Crippen LogP contribution in [0.1, 0.15) is 17.3 Å². The van der Waals surface area contributed by atoms with E-state index in [1.807, 2.05) is 6.92 Å². The quantitative estimate of drug-likeness (QED) is 0.854. The smallest absolute Gasteiger partial charge is 0.338 e. The third-order valence-corrected chi connectivity index (χ3v) is 2.02. The number of ether oxygens (including phenoxy) is 1. The fourth-order valence-corrected chi connectivity index (χ4v) is 1.15. The number of nitrogens with zero attached hydrogens (tertiary/aromatic N) is 4. The molecule has 0 saturated heterocycles. The van der Waals surface area contributed by atoms with E-state index in [0.717, 1.165) is 6.54 Å². The molecule has 88 valence electrons. The molecule has 0 unspecified atom stereocenters. The Kier molecular flexibility index (Phi) is 2.99. The Hall–Kier alpha value is -2.44. The molecule has 0 saturated carbocycles. The van der Waals surface area contributed by atoms with Gasteiger partial charge in [-0.1, -0.05) is 0 Å². The molecular formula is C10H10N4O3. The lowest BCUT2D eigenvalue weighted by Gasteiger charge is -1.99. The highest BCUT2D eigenvalue weighted by Gasteiger charge is 2.06. The number of hydrogen-bond acceptors (Lipinski definition) is 5. The molecule has 17 heavy (non-hydrogen) atoms. The first-order chi connectivity index (χ1) is 8.19. The van der Waals surface area contributed by atoms with Crippen molar-refractivity contribution in [2.24, 2.45) is 0 Å². The predicted octanol–water partition coefficient (Wildman–Crippen LogP) is 1.18. The standard InChI is InChI=1S/C10H10N4O3/c1-2-14-6-8(5-13-14)17-10-11-3-7(4-12-10)9(15)16/h3-6H,2H2,1H3,(H,15,16). The molecule has 0 atom stereocenters. The zero-order chi connectivity index (χ0) is 12.3.